The molecule has 1 aromatic rings. The van der Waals surface area contributed by atoms with E-state index < -0.39 is 30.2 Å². The summed E-state index contributed by atoms with van der Waals surface area (Å²) in [6.07, 6.45) is 0. The van der Waals surface area contributed by atoms with Crippen LogP contribution < -0.4 is 5.32 Å². The molecule has 1 atom stereocenters. The molecule has 2 N–H and O–H groups in total. The van der Waals surface area contributed by atoms with Gasteiger partial charge in [0.25, 0.3) is 0 Å². The average molecular weight is 225 g/mol. The lowest BCUT2D eigenvalue weighted by atomic mass is 10.0. The summed E-state index contributed by atoms with van der Waals surface area (Å²) >= 11 is 0. The Morgan fingerprint density at radius 1 is 1.50 bits per heavy atom. The number of carboxylic acid groups (broad SMARTS) is 1. The van der Waals surface area contributed by atoms with Gasteiger partial charge in [-0.05, 0) is 24.6 Å². The minimum absolute atomic E-state index is 0.421. The first-order valence-corrected chi connectivity index (χ1v) is 4.75. The van der Waals surface area contributed by atoms with Gasteiger partial charge in [0.2, 0.25) is 5.91 Å². The number of rotatable bonds is 4. The third-order valence-electron chi connectivity index (χ3n) is 2.16. The monoisotopic (exact) mass is 225 g/mol. The van der Waals surface area contributed by atoms with Crippen LogP contribution in [0.15, 0.2) is 24.3 Å². The van der Waals surface area contributed by atoms with Gasteiger partial charge in [-0.1, -0.05) is 12.1 Å². The summed E-state index contributed by atoms with van der Waals surface area (Å²) in [4.78, 5) is 21.7. The molecule has 0 radical (unpaired) electrons. The maximum Gasteiger partial charge on any atom is 0.322 e. The van der Waals surface area contributed by atoms with E-state index in [9.17, 15) is 14.0 Å². The molecule has 0 fully saturated rings. The van der Waals surface area contributed by atoms with E-state index in [0.29, 0.717) is 5.56 Å². The second kappa shape index (κ2) is 5.25. The van der Waals surface area contributed by atoms with Crippen LogP contribution in [-0.4, -0.2) is 23.5 Å². The lowest BCUT2D eigenvalue weighted by Gasteiger charge is -2.11. The molecule has 0 saturated heterocycles. The van der Waals surface area contributed by atoms with Gasteiger partial charge in [0.1, 0.15) is 12.4 Å². The van der Waals surface area contributed by atoms with Gasteiger partial charge >= 0.3 is 5.97 Å². The van der Waals surface area contributed by atoms with Gasteiger partial charge in [0, 0.05) is 0 Å². The highest BCUT2D eigenvalue weighted by Gasteiger charge is 2.15. The molecule has 0 saturated carbocycles. The smallest absolute Gasteiger partial charge is 0.322 e. The predicted octanol–water partition coefficient (Wildman–Crippen LogP) is 1.13. The van der Waals surface area contributed by atoms with E-state index >= 15 is 0 Å². The Balaban J connectivity index is 2.66. The third-order valence-corrected chi connectivity index (χ3v) is 2.16. The van der Waals surface area contributed by atoms with Crippen molar-refractivity contribution in [2.75, 3.05) is 6.54 Å². The maximum absolute atomic E-state index is 12.9. The van der Waals surface area contributed by atoms with E-state index in [4.69, 9.17) is 5.11 Å². The molecule has 86 valence electrons. The fraction of sp³-hybridized carbons (Fsp3) is 0.273. The zero-order valence-electron chi connectivity index (χ0n) is 8.74. The van der Waals surface area contributed by atoms with Crippen LogP contribution in [0.1, 0.15) is 18.4 Å². The fourth-order valence-electron chi connectivity index (χ4n) is 1.24. The Morgan fingerprint density at radius 2 is 2.19 bits per heavy atom. The molecule has 0 aliphatic rings. The number of carbonyl (C=O) groups is 2. The number of amides is 1. The van der Waals surface area contributed by atoms with E-state index in [0.717, 1.165) is 0 Å². The van der Waals surface area contributed by atoms with E-state index in [-0.39, 0.29) is 0 Å². The van der Waals surface area contributed by atoms with E-state index in [1.807, 2.05) is 0 Å². The molecule has 0 bridgehead atoms. The SMILES string of the molecule is CC(C(=O)NCC(=O)O)c1cccc(F)c1. The Bertz CT molecular complexity index is 406. The molecular weight excluding hydrogens is 213 g/mol. The molecule has 1 rings (SSSR count). The Morgan fingerprint density at radius 3 is 2.75 bits per heavy atom. The molecule has 4 nitrogen and oxygen atoms in total. The topological polar surface area (TPSA) is 66.4 Å². The molecule has 1 unspecified atom stereocenters. The summed E-state index contributed by atoms with van der Waals surface area (Å²) in [7, 11) is 0. The third kappa shape index (κ3) is 3.34. The van der Waals surface area contributed by atoms with E-state index in [1.54, 1.807) is 13.0 Å². The van der Waals surface area contributed by atoms with Crippen LogP contribution in [0.3, 0.4) is 0 Å². The van der Waals surface area contributed by atoms with Crippen LogP contribution in [-0.2, 0) is 9.59 Å². The zero-order chi connectivity index (χ0) is 12.1. The average Bonchev–Trinajstić information content (AvgIpc) is 2.24. The molecule has 16 heavy (non-hydrogen) atoms. The highest BCUT2D eigenvalue weighted by atomic mass is 19.1. The first-order valence-electron chi connectivity index (χ1n) is 4.75. The van der Waals surface area contributed by atoms with Crippen molar-refractivity contribution in [1.82, 2.24) is 5.32 Å². The van der Waals surface area contributed by atoms with Gasteiger partial charge in [0.15, 0.2) is 0 Å². The van der Waals surface area contributed by atoms with Gasteiger partial charge in [-0.3, -0.25) is 9.59 Å². The molecule has 5 heteroatoms. The van der Waals surface area contributed by atoms with Gasteiger partial charge in [0.05, 0.1) is 5.92 Å². The van der Waals surface area contributed by atoms with E-state index in [1.165, 1.54) is 18.2 Å². The molecule has 0 aromatic heterocycles. The lowest BCUT2D eigenvalue weighted by Crippen LogP contribution is -2.32. The van der Waals surface area contributed by atoms with Crippen LogP contribution in [0.2, 0.25) is 0 Å². The summed E-state index contributed by atoms with van der Waals surface area (Å²) < 4.78 is 12.9. The van der Waals surface area contributed by atoms with Crippen molar-refractivity contribution in [3.05, 3.63) is 35.6 Å². The highest BCUT2D eigenvalue weighted by molar-refractivity contribution is 5.86. The minimum Gasteiger partial charge on any atom is -0.480 e. The van der Waals surface area contributed by atoms with Crippen LogP contribution in [0.4, 0.5) is 4.39 Å². The number of carboxylic acids is 1. The molecule has 0 aliphatic carbocycles. The number of hydrogen-bond acceptors (Lipinski definition) is 2. The number of nitrogens with one attached hydrogen (secondary N) is 1. The highest BCUT2D eigenvalue weighted by Crippen LogP contribution is 2.15. The first kappa shape index (κ1) is 12.2. The predicted molar refractivity (Wildman–Crippen MR) is 55.5 cm³/mol. The molecule has 0 heterocycles. The quantitative estimate of drug-likeness (QED) is 0.807. The number of aliphatic carboxylic acids is 1. The summed E-state index contributed by atoms with van der Waals surface area (Å²) in [6.45, 7) is 1.16. The second-order valence-corrected chi connectivity index (χ2v) is 3.39. The van der Waals surface area contributed by atoms with Crippen molar-refractivity contribution in [3.63, 3.8) is 0 Å². The van der Waals surface area contributed by atoms with Crippen molar-refractivity contribution in [3.8, 4) is 0 Å². The molecule has 0 spiro atoms. The minimum atomic E-state index is -1.11. The normalized spacial score (nSPS) is 11.9. The van der Waals surface area contributed by atoms with Gasteiger partial charge in [-0.25, -0.2) is 4.39 Å². The summed E-state index contributed by atoms with van der Waals surface area (Å²) in [6, 6.07) is 5.66. The molecule has 1 aromatic carbocycles. The summed E-state index contributed by atoms with van der Waals surface area (Å²) in [5.41, 5.74) is 0.517. The largest absolute Gasteiger partial charge is 0.480 e. The number of hydrogen-bond donors (Lipinski definition) is 2. The van der Waals surface area contributed by atoms with Crippen LogP contribution in [0.5, 0.6) is 0 Å². The fourth-order valence-corrected chi connectivity index (χ4v) is 1.24. The zero-order valence-corrected chi connectivity index (χ0v) is 8.74. The lowest BCUT2D eigenvalue weighted by molar-refractivity contribution is -0.138. The standard InChI is InChI=1S/C11H12FNO3/c1-7(11(16)13-6-10(14)15)8-3-2-4-9(12)5-8/h2-5,7H,6H2,1H3,(H,13,16)(H,14,15). The van der Waals surface area contributed by atoms with Crippen LogP contribution in [0.25, 0.3) is 0 Å². The van der Waals surface area contributed by atoms with Crippen molar-refractivity contribution in [2.24, 2.45) is 0 Å². The van der Waals surface area contributed by atoms with Crippen LogP contribution >= 0.6 is 0 Å². The van der Waals surface area contributed by atoms with Crippen molar-refractivity contribution in [2.45, 2.75) is 12.8 Å². The van der Waals surface area contributed by atoms with Gasteiger partial charge < -0.3 is 10.4 Å². The first-order chi connectivity index (χ1) is 7.50. The molecule has 0 aliphatic heterocycles. The van der Waals surface area contributed by atoms with Crippen molar-refractivity contribution < 1.29 is 19.1 Å². The molecular formula is C11H12FNO3. The Labute approximate surface area is 92.1 Å². The number of carbonyl (C=O) groups excluding carboxylic acids is 1. The number of halogens is 1. The second-order valence-electron chi connectivity index (χ2n) is 3.39. The summed E-state index contributed by atoms with van der Waals surface area (Å²) in [5, 5.41) is 10.6. The molecule has 1 amide bonds. The Hall–Kier alpha value is -1.91. The van der Waals surface area contributed by atoms with E-state index in [2.05, 4.69) is 5.32 Å². The van der Waals surface area contributed by atoms with Gasteiger partial charge in [-0.15, -0.1) is 0 Å². The van der Waals surface area contributed by atoms with Crippen molar-refractivity contribution in [1.29, 1.82) is 0 Å². The maximum atomic E-state index is 12.9. The van der Waals surface area contributed by atoms with Crippen molar-refractivity contribution >= 4 is 11.9 Å². The Kier molecular flexibility index (Phi) is 3.99. The van der Waals surface area contributed by atoms with Gasteiger partial charge in [-0.2, -0.15) is 0 Å². The summed E-state index contributed by atoms with van der Waals surface area (Å²) in [5.74, 6) is -2.54. The van der Waals surface area contributed by atoms with Crippen LogP contribution in [0, 0.1) is 5.82 Å². The number of benzene rings is 1.